The molecule has 3 heterocycles. The van der Waals surface area contributed by atoms with Gasteiger partial charge in [0.1, 0.15) is 24.4 Å². The van der Waals surface area contributed by atoms with Crippen LogP contribution in [0.15, 0.2) is 43.2 Å². The van der Waals surface area contributed by atoms with Crippen LogP contribution in [0.3, 0.4) is 0 Å². The molecule has 1 saturated heterocycles. The molecule has 0 bridgehead atoms. The molecule has 8 nitrogen and oxygen atoms in total. The fourth-order valence-electron chi connectivity index (χ4n) is 3.62. The number of hydrogen-bond acceptors (Lipinski definition) is 6. The van der Waals surface area contributed by atoms with Gasteiger partial charge in [0.05, 0.1) is 11.4 Å². The topological polar surface area (TPSA) is 99.2 Å². The van der Waals surface area contributed by atoms with Gasteiger partial charge in [-0.05, 0) is 37.0 Å². The summed E-state index contributed by atoms with van der Waals surface area (Å²) in [5.74, 6) is 5.62. The number of nitrogens with zero attached hydrogens (tertiary/aromatic N) is 5. The van der Waals surface area contributed by atoms with Gasteiger partial charge in [-0.2, -0.15) is 5.10 Å². The Kier molecular flexibility index (Phi) is 5.80. The van der Waals surface area contributed by atoms with E-state index in [2.05, 4.69) is 33.5 Å². The van der Waals surface area contributed by atoms with Gasteiger partial charge >= 0.3 is 0 Å². The highest BCUT2D eigenvalue weighted by Crippen LogP contribution is 2.28. The Morgan fingerprint density at radius 1 is 1.39 bits per heavy atom. The number of halogens is 1. The molecule has 0 aliphatic carbocycles. The van der Waals surface area contributed by atoms with E-state index in [1.807, 2.05) is 0 Å². The van der Waals surface area contributed by atoms with Crippen LogP contribution in [-0.2, 0) is 4.79 Å². The van der Waals surface area contributed by atoms with Gasteiger partial charge in [-0.15, -0.1) is 0 Å². The third-order valence-electron chi connectivity index (χ3n) is 5.09. The zero-order valence-electron chi connectivity index (χ0n) is 16.8. The number of carbonyl (C=O) groups is 1. The first-order valence-electron chi connectivity index (χ1n) is 9.84. The molecule has 1 aliphatic heterocycles. The number of benzene rings is 1. The predicted octanol–water partition coefficient (Wildman–Crippen LogP) is 2.33. The van der Waals surface area contributed by atoms with Crippen molar-refractivity contribution in [3.05, 3.63) is 54.8 Å². The fraction of sp³-hybridized carbons (Fsp3) is 0.273. The lowest BCUT2D eigenvalue weighted by Gasteiger charge is -2.32. The highest BCUT2D eigenvalue weighted by atomic mass is 19.1. The SMILES string of the molecule is C=CC(=O)N1CCCC(n2nc(C#CCOc3ccccc3F)c3c(N)ncnc32)C1. The van der Waals surface area contributed by atoms with Crippen molar-refractivity contribution in [3.8, 4) is 17.6 Å². The number of carbonyl (C=O) groups excluding carboxylic acids is 1. The molecule has 2 aromatic heterocycles. The summed E-state index contributed by atoms with van der Waals surface area (Å²) >= 11 is 0. The molecule has 2 N–H and O–H groups in total. The minimum absolute atomic E-state index is 0.0199. The average Bonchev–Trinajstić information content (AvgIpc) is 3.17. The number of para-hydroxylation sites is 1. The molecule has 158 valence electrons. The van der Waals surface area contributed by atoms with Crippen LogP contribution in [-0.4, -0.2) is 50.3 Å². The largest absolute Gasteiger partial charge is 0.478 e. The van der Waals surface area contributed by atoms with Crippen LogP contribution in [0.25, 0.3) is 11.0 Å². The molecule has 3 aromatic rings. The molecule has 9 heteroatoms. The number of hydrogen-bond donors (Lipinski definition) is 1. The van der Waals surface area contributed by atoms with Gasteiger partial charge in [0.25, 0.3) is 0 Å². The maximum atomic E-state index is 13.7. The number of nitrogen functional groups attached to an aromatic ring is 1. The Morgan fingerprint density at radius 3 is 3.03 bits per heavy atom. The zero-order valence-corrected chi connectivity index (χ0v) is 16.8. The summed E-state index contributed by atoms with van der Waals surface area (Å²) in [6, 6.07) is 6.06. The van der Waals surface area contributed by atoms with Crippen molar-refractivity contribution in [2.45, 2.75) is 18.9 Å². The Bertz CT molecular complexity index is 1200. The summed E-state index contributed by atoms with van der Waals surface area (Å²) in [6.45, 7) is 4.72. The van der Waals surface area contributed by atoms with Crippen molar-refractivity contribution in [3.63, 3.8) is 0 Å². The molecule has 1 aliphatic rings. The number of nitrogens with two attached hydrogens (primary N) is 1. The number of anilines is 1. The lowest BCUT2D eigenvalue weighted by molar-refractivity contribution is -0.127. The van der Waals surface area contributed by atoms with E-state index in [-0.39, 0.29) is 30.1 Å². The van der Waals surface area contributed by atoms with E-state index < -0.39 is 5.82 Å². The first-order chi connectivity index (χ1) is 15.1. The molecule has 0 saturated carbocycles. The van der Waals surface area contributed by atoms with Crippen LogP contribution in [0.4, 0.5) is 10.2 Å². The van der Waals surface area contributed by atoms with Crippen molar-refractivity contribution in [2.75, 3.05) is 25.4 Å². The lowest BCUT2D eigenvalue weighted by Crippen LogP contribution is -2.40. The van der Waals surface area contributed by atoms with Crippen molar-refractivity contribution >= 4 is 22.8 Å². The first kappa shape index (κ1) is 20.3. The van der Waals surface area contributed by atoms with E-state index in [1.54, 1.807) is 21.7 Å². The van der Waals surface area contributed by atoms with Gasteiger partial charge < -0.3 is 15.4 Å². The number of amides is 1. The average molecular weight is 420 g/mol. The summed E-state index contributed by atoms with van der Waals surface area (Å²) in [5.41, 5.74) is 7.06. The molecule has 4 rings (SSSR count). The monoisotopic (exact) mass is 420 g/mol. The summed E-state index contributed by atoms with van der Waals surface area (Å²) in [4.78, 5) is 22.2. The minimum Gasteiger partial charge on any atom is -0.478 e. The first-order valence-corrected chi connectivity index (χ1v) is 9.84. The van der Waals surface area contributed by atoms with Crippen LogP contribution >= 0.6 is 0 Å². The number of rotatable bonds is 4. The maximum absolute atomic E-state index is 13.7. The second-order valence-corrected chi connectivity index (χ2v) is 7.06. The third kappa shape index (κ3) is 4.19. The summed E-state index contributed by atoms with van der Waals surface area (Å²) < 4.78 is 20.8. The van der Waals surface area contributed by atoms with Gasteiger partial charge in [-0.25, -0.2) is 19.0 Å². The van der Waals surface area contributed by atoms with Crippen LogP contribution in [0.1, 0.15) is 24.6 Å². The number of aromatic nitrogens is 4. The van der Waals surface area contributed by atoms with Gasteiger partial charge in [-0.1, -0.05) is 24.6 Å². The molecular formula is C22H21FN6O2. The molecule has 1 atom stereocenters. The third-order valence-corrected chi connectivity index (χ3v) is 5.09. The Balaban J connectivity index is 1.61. The van der Waals surface area contributed by atoms with Gasteiger partial charge in [-0.3, -0.25) is 4.79 Å². The molecule has 1 unspecified atom stereocenters. The van der Waals surface area contributed by atoms with Crippen molar-refractivity contribution in [1.82, 2.24) is 24.6 Å². The molecule has 1 amide bonds. The highest BCUT2D eigenvalue weighted by Gasteiger charge is 2.27. The molecule has 0 spiro atoms. The van der Waals surface area contributed by atoms with Crippen molar-refractivity contribution in [2.24, 2.45) is 0 Å². The minimum atomic E-state index is -0.451. The normalized spacial score (nSPS) is 15.9. The van der Waals surface area contributed by atoms with E-state index in [4.69, 9.17) is 10.5 Å². The smallest absolute Gasteiger partial charge is 0.246 e. The second-order valence-electron chi connectivity index (χ2n) is 7.06. The van der Waals surface area contributed by atoms with Crippen LogP contribution in [0, 0.1) is 17.7 Å². The quantitative estimate of drug-likeness (QED) is 0.514. The molecule has 1 fully saturated rings. The Labute approximate surface area is 178 Å². The van der Waals surface area contributed by atoms with Gasteiger partial charge in [0.15, 0.2) is 17.2 Å². The van der Waals surface area contributed by atoms with Crippen LogP contribution in [0.5, 0.6) is 5.75 Å². The predicted molar refractivity (Wildman–Crippen MR) is 114 cm³/mol. The number of ether oxygens (including phenoxy) is 1. The fourth-order valence-corrected chi connectivity index (χ4v) is 3.62. The van der Waals surface area contributed by atoms with Gasteiger partial charge in [0, 0.05) is 13.1 Å². The van der Waals surface area contributed by atoms with E-state index in [9.17, 15) is 9.18 Å². The molecule has 1 aromatic carbocycles. The highest BCUT2D eigenvalue weighted by molar-refractivity contribution is 5.90. The van der Waals surface area contributed by atoms with Gasteiger partial charge in [0.2, 0.25) is 5.91 Å². The van der Waals surface area contributed by atoms with E-state index >= 15 is 0 Å². The Morgan fingerprint density at radius 2 is 2.23 bits per heavy atom. The summed E-state index contributed by atoms with van der Waals surface area (Å²) in [7, 11) is 0. The number of likely N-dealkylation sites (tertiary alicyclic amines) is 1. The maximum Gasteiger partial charge on any atom is 0.246 e. The van der Waals surface area contributed by atoms with E-state index in [0.29, 0.717) is 29.8 Å². The molecule has 31 heavy (non-hydrogen) atoms. The second kappa shape index (κ2) is 8.83. The summed E-state index contributed by atoms with van der Waals surface area (Å²) in [5, 5.41) is 5.17. The van der Waals surface area contributed by atoms with Crippen LogP contribution in [0.2, 0.25) is 0 Å². The molecular weight excluding hydrogens is 399 g/mol. The van der Waals surface area contributed by atoms with E-state index in [1.165, 1.54) is 24.5 Å². The van der Waals surface area contributed by atoms with Crippen molar-refractivity contribution < 1.29 is 13.9 Å². The number of piperidine rings is 1. The molecule has 0 radical (unpaired) electrons. The zero-order chi connectivity index (χ0) is 21.8. The van der Waals surface area contributed by atoms with Crippen LogP contribution < -0.4 is 10.5 Å². The standard InChI is InChI=1S/C22H21FN6O2/c1-2-19(30)28-11-5-7-15(13-28)29-22-20(21(24)25-14-26-22)17(27-29)9-6-12-31-18-10-4-3-8-16(18)23/h2-4,8,10,14-15H,1,5,7,11-13H2,(H2,24,25,26). The summed E-state index contributed by atoms with van der Waals surface area (Å²) in [6.07, 6.45) is 4.37. The van der Waals surface area contributed by atoms with Crippen molar-refractivity contribution in [1.29, 1.82) is 0 Å². The van der Waals surface area contributed by atoms with E-state index in [0.717, 1.165) is 12.8 Å². The number of fused-ring (bicyclic) bond motifs is 1. The lowest BCUT2D eigenvalue weighted by atomic mass is 10.1. The Hall–Kier alpha value is -3.93.